The van der Waals surface area contributed by atoms with E-state index in [4.69, 9.17) is 0 Å². The van der Waals surface area contributed by atoms with E-state index in [0.29, 0.717) is 6.42 Å². The molecule has 2 saturated heterocycles. The van der Waals surface area contributed by atoms with E-state index in [1.54, 1.807) is 4.90 Å². The van der Waals surface area contributed by atoms with Gasteiger partial charge in [-0.15, -0.1) is 0 Å². The third kappa shape index (κ3) is 2.97. The van der Waals surface area contributed by atoms with E-state index < -0.39 is 0 Å². The Morgan fingerprint density at radius 2 is 2.24 bits per heavy atom. The van der Waals surface area contributed by atoms with Gasteiger partial charge in [-0.25, -0.2) is 0 Å². The molecule has 0 radical (unpaired) electrons. The number of hydrogen-bond acceptors (Lipinski definition) is 3. The molecule has 0 bridgehead atoms. The molecule has 1 N–H and O–H groups in total. The molecule has 0 saturated carbocycles. The Labute approximate surface area is 102 Å². The molecule has 2 amide bonds. The van der Waals surface area contributed by atoms with Gasteiger partial charge in [0.25, 0.3) is 0 Å². The Balaban J connectivity index is 1.89. The predicted molar refractivity (Wildman–Crippen MR) is 64.5 cm³/mol. The number of piperidine rings is 1. The fraction of sp³-hybridized carbons (Fsp3) is 0.833. The summed E-state index contributed by atoms with van der Waals surface area (Å²) in [4.78, 5) is 27.4. The largest absolute Gasteiger partial charge is 0.336 e. The average molecular weight is 239 g/mol. The monoisotopic (exact) mass is 239 g/mol. The Morgan fingerprint density at radius 1 is 1.41 bits per heavy atom. The number of likely N-dealkylation sites (tertiary alicyclic amines) is 1. The molecule has 0 aromatic heterocycles. The number of nitrogens with zero attached hydrogens (tertiary/aromatic N) is 2. The first-order chi connectivity index (χ1) is 8.18. The van der Waals surface area contributed by atoms with Crippen LogP contribution in [-0.4, -0.2) is 60.4 Å². The minimum absolute atomic E-state index is 0.0919. The summed E-state index contributed by atoms with van der Waals surface area (Å²) in [6, 6.07) is 0.233. The first-order valence-corrected chi connectivity index (χ1v) is 6.46. The normalized spacial score (nSPS) is 26.2. The molecule has 1 atom stereocenters. The second-order valence-electron chi connectivity index (χ2n) is 4.91. The van der Waals surface area contributed by atoms with Crippen molar-refractivity contribution in [3.05, 3.63) is 0 Å². The summed E-state index contributed by atoms with van der Waals surface area (Å²) >= 11 is 0. The molecule has 0 spiro atoms. The van der Waals surface area contributed by atoms with Crippen molar-refractivity contribution in [1.29, 1.82) is 0 Å². The van der Waals surface area contributed by atoms with E-state index >= 15 is 0 Å². The summed E-state index contributed by atoms with van der Waals surface area (Å²) in [6.45, 7) is 5.50. The van der Waals surface area contributed by atoms with E-state index in [1.165, 1.54) is 0 Å². The molecule has 5 nitrogen and oxygen atoms in total. The zero-order valence-electron chi connectivity index (χ0n) is 10.4. The third-order valence-corrected chi connectivity index (χ3v) is 3.57. The van der Waals surface area contributed by atoms with Gasteiger partial charge in [0.2, 0.25) is 11.8 Å². The summed E-state index contributed by atoms with van der Waals surface area (Å²) in [6.07, 6.45) is 2.59. The van der Waals surface area contributed by atoms with Crippen LogP contribution in [0.4, 0.5) is 0 Å². The van der Waals surface area contributed by atoms with Gasteiger partial charge in [0.1, 0.15) is 0 Å². The van der Waals surface area contributed by atoms with Crippen molar-refractivity contribution in [1.82, 2.24) is 15.1 Å². The minimum atomic E-state index is 0.0919. The van der Waals surface area contributed by atoms with Crippen LogP contribution in [0.3, 0.4) is 0 Å². The summed E-state index contributed by atoms with van der Waals surface area (Å²) in [5.74, 6) is 0.224. The summed E-state index contributed by atoms with van der Waals surface area (Å²) < 4.78 is 0. The number of rotatable bonds is 2. The molecule has 0 aliphatic carbocycles. The van der Waals surface area contributed by atoms with E-state index in [2.05, 4.69) is 5.32 Å². The van der Waals surface area contributed by atoms with Crippen LogP contribution in [0.15, 0.2) is 0 Å². The number of carbonyl (C=O) groups is 2. The van der Waals surface area contributed by atoms with Crippen LogP contribution in [-0.2, 0) is 9.59 Å². The molecule has 2 rings (SSSR count). The van der Waals surface area contributed by atoms with Gasteiger partial charge in [0, 0.05) is 38.6 Å². The highest BCUT2D eigenvalue weighted by Crippen LogP contribution is 2.11. The van der Waals surface area contributed by atoms with E-state index in [1.807, 2.05) is 11.8 Å². The minimum Gasteiger partial charge on any atom is -0.336 e. The molecule has 0 aromatic carbocycles. The first kappa shape index (κ1) is 12.4. The zero-order chi connectivity index (χ0) is 12.3. The Morgan fingerprint density at radius 3 is 2.94 bits per heavy atom. The second-order valence-corrected chi connectivity index (χ2v) is 4.91. The number of hydrogen-bond donors (Lipinski definition) is 1. The lowest BCUT2D eigenvalue weighted by molar-refractivity contribution is -0.143. The van der Waals surface area contributed by atoms with Crippen molar-refractivity contribution >= 4 is 11.8 Å². The van der Waals surface area contributed by atoms with Gasteiger partial charge in [-0.1, -0.05) is 0 Å². The molecule has 2 aliphatic heterocycles. The summed E-state index contributed by atoms with van der Waals surface area (Å²) in [7, 11) is 0. The first-order valence-electron chi connectivity index (χ1n) is 6.46. The van der Waals surface area contributed by atoms with Crippen LogP contribution in [0, 0.1) is 0 Å². The van der Waals surface area contributed by atoms with Gasteiger partial charge in [0.05, 0.1) is 6.54 Å². The number of nitrogens with one attached hydrogen (secondary N) is 1. The summed E-state index contributed by atoms with van der Waals surface area (Å²) in [5, 5.41) is 3.26. The van der Waals surface area contributed by atoms with Crippen LogP contribution in [0.1, 0.15) is 26.2 Å². The van der Waals surface area contributed by atoms with Crippen LogP contribution in [0.25, 0.3) is 0 Å². The molecule has 0 aromatic rings. The van der Waals surface area contributed by atoms with E-state index in [0.717, 1.165) is 39.0 Å². The van der Waals surface area contributed by atoms with E-state index in [9.17, 15) is 9.59 Å². The topological polar surface area (TPSA) is 52.7 Å². The Hall–Kier alpha value is -1.10. The standard InChI is InChI=1S/C12H21N3O2/c1-10-8-13-5-7-15(10)12(17)9-14-6-3-2-4-11(14)16/h10,13H,2-9H2,1H3. The average Bonchev–Trinajstić information content (AvgIpc) is 2.32. The maximum Gasteiger partial charge on any atom is 0.242 e. The van der Waals surface area contributed by atoms with Crippen molar-refractivity contribution in [2.24, 2.45) is 0 Å². The molecule has 2 aliphatic rings. The van der Waals surface area contributed by atoms with Crippen molar-refractivity contribution < 1.29 is 9.59 Å². The number of carbonyl (C=O) groups excluding carboxylic acids is 2. The highest BCUT2D eigenvalue weighted by molar-refractivity contribution is 5.85. The van der Waals surface area contributed by atoms with Crippen molar-refractivity contribution in [3.63, 3.8) is 0 Å². The smallest absolute Gasteiger partial charge is 0.242 e. The zero-order valence-corrected chi connectivity index (χ0v) is 10.4. The molecule has 1 unspecified atom stereocenters. The maximum atomic E-state index is 12.1. The van der Waals surface area contributed by atoms with Crippen LogP contribution in [0.5, 0.6) is 0 Å². The molecular weight excluding hydrogens is 218 g/mol. The van der Waals surface area contributed by atoms with Gasteiger partial charge in [-0.05, 0) is 19.8 Å². The van der Waals surface area contributed by atoms with Gasteiger partial charge in [-0.2, -0.15) is 0 Å². The van der Waals surface area contributed by atoms with Gasteiger partial charge >= 0.3 is 0 Å². The third-order valence-electron chi connectivity index (χ3n) is 3.57. The lowest BCUT2D eigenvalue weighted by Crippen LogP contribution is -2.55. The number of amides is 2. The molecule has 5 heteroatoms. The van der Waals surface area contributed by atoms with Crippen molar-refractivity contribution in [2.75, 3.05) is 32.7 Å². The quantitative estimate of drug-likeness (QED) is 0.727. The van der Waals surface area contributed by atoms with Gasteiger partial charge in [-0.3, -0.25) is 9.59 Å². The van der Waals surface area contributed by atoms with Crippen LogP contribution in [0.2, 0.25) is 0 Å². The Bertz CT molecular complexity index is 306. The maximum absolute atomic E-state index is 12.1. The van der Waals surface area contributed by atoms with Gasteiger partial charge in [0.15, 0.2) is 0 Å². The SMILES string of the molecule is CC1CNCCN1C(=O)CN1CCCCC1=O. The van der Waals surface area contributed by atoms with E-state index in [-0.39, 0.29) is 24.4 Å². The molecule has 2 fully saturated rings. The highest BCUT2D eigenvalue weighted by Gasteiger charge is 2.27. The fourth-order valence-corrected chi connectivity index (χ4v) is 2.49. The molecule has 96 valence electrons. The van der Waals surface area contributed by atoms with Crippen LogP contribution < -0.4 is 5.32 Å². The molecule has 2 heterocycles. The molecule has 17 heavy (non-hydrogen) atoms. The lowest BCUT2D eigenvalue weighted by atomic mass is 10.1. The van der Waals surface area contributed by atoms with Crippen molar-refractivity contribution in [3.8, 4) is 0 Å². The highest BCUT2D eigenvalue weighted by atomic mass is 16.2. The molecular formula is C12H21N3O2. The number of piperazine rings is 1. The fourth-order valence-electron chi connectivity index (χ4n) is 2.49. The van der Waals surface area contributed by atoms with Crippen molar-refractivity contribution in [2.45, 2.75) is 32.2 Å². The Kier molecular flexibility index (Phi) is 3.99. The van der Waals surface area contributed by atoms with Gasteiger partial charge < -0.3 is 15.1 Å². The summed E-state index contributed by atoms with van der Waals surface area (Å²) in [5.41, 5.74) is 0. The predicted octanol–water partition coefficient (Wildman–Crippen LogP) is -0.181. The van der Waals surface area contributed by atoms with Crippen LogP contribution >= 0.6 is 0 Å². The second kappa shape index (κ2) is 5.49. The lowest BCUT2D eigenvalue weighted by Gasteiger charge is -2.36.